The summed E-state index contributed by atoms with van der Waals surface area (Å²) < 4.78 is 51.7. The summed E-state index contributed by atoms with van der Waals surface area (Å²) in [5, 5.41) is 16.0. The van der Waals surface area contributed by atoms with Gasteiger partial charge in [-0.15, -0.1) is 13.2 Å². The van der Waals surface area contributed by atoms with Crippen molar-refractivity contribution in [1.29, 1.82) is 0 Å². The number of amides is 2. The summed E-state index contributed by atoms with van der Waals surface area (Å²) in [6.45, 7) is 4.88. The predicted octanol–water partition coefficient (Wildman–Crippen LogP) is 4.07. The zero-order valence-corrected chi connectivity index (χ0v) is 21.7. The van der Waals surface area contributed by atoms with Gasteiger partial charge in [0.05, 0.1) is 13.2 Å². The molecule has 13 heteroatoms. The number of hydrogen-bond acceptors (Lipinski definition) is 7. The van der Waals surface area contributed by atoms with Gasteiger partial charge in [0, 0.05) is 5.02 Å². The summed E-state index contributed by atoms with van der Waals surface area (Å²) in [4.78, 5) is 37.8. The predicted molar refractivity (Wildman–Crippen MR) is 130 cm³/mol. The maximum atomic E-state index is 13.0. The number of nitrogens with one attached hydrogen (secondary N) is 2. The molecule has 38 heavy (non-hydrogen) atoms. The zero-order valence-electron chi connectivity index (χ0n) is 21.0. The van der Waals surface area contributed by atoms with E-state index in [1.165, 1.54) is 12.1 Å². The number of carbonyl (C=O) groups excluding carboxylic acids is 3. The van der Waals surface area contributed by atoms with E-state index in [0.717, 1.165) is 19.2 Å². The maximum Gasteiger partial charge on any atom is 0.573 e. The number of hydrogen-bond donors (Lipinski definition) is 3. The molecule has 2 aromatic rings. The molecule has 0 fully saturated rings. The van der Waals surface area contributed by atoms with Crippen molar-refractivity contribution in [1.82, 2.24) is 10.6 Å². The molecule has 0 aliphatic heterocycles. The van der Waals surface area contributed by atoms with Crippen LogP contribution in [0.3, 0.4) is 0 Å². The van der Waals surface area contributed by atoms with Crippen molar-refractivity contribution in [3.8, 4) is 5.75 Å². The lowest BCUT2D eigenvalue weighted by Gasteiger charge is -2.27. The third-order valence-electron chi connectivity index (χ3n) is 4.87. The molecule has 0 unspecified atom stereocenters. The van der Waals surface area contributed by atoms with Gasteiger partial charge in [0.25, 0.3) is 5.91 Å². The van der Waals surface area contributed by atoms with Crippen LogP contribution in [0.4, 0.5) is 18.0 Å². The molecule has 0 saturated carbocycles. The average molecular weight is 561 g/mol. The lowest BCUT2D eigenvalue weighted by Crippen LogP contribution is -2.53. The number of carbonyl (C=O) groups is 3. The highest BCUT2D eigenvalue weighted by atomic mass is 35.5. The minimum absolute atomic E-state index is 0.0389. The SMILES string of the molecule is COC(=O)[C@@H](NC(=O)[C@@H](O)[C@@H](Cc1ccc(Cl)cc1)NC(=O)OC(C)(C)C)c1cccc(OC(F)(F)F)c1. The first-order valence-corrected chi connectivity index (χ1v) is 11.6. The summed E-state index contributed by atoms with van der Waals surface area (Å²) in [7, 11) is 1.02. The quantitative estimate of drug-likeness (QED) is 0.395. The molecule has 0 radical (unpaired) electrons. The first-order chi connectivity index (χ1) is 17.6. The van der Waals surface area contributed by atoms with Gasteiger partial charge in [0.15, 0.2) is 12.1 Å². The third kappa shape index (κ3) is 10.1. The van der Waals surface area contributed by atoms with Crippen molar-refractivity contribution in [2.75, 3.05) is 7.11 Å². The number of alkyl halides is 3. The molecule has 0 aliphatic rings. The Bertz CT molecular complexity index is 1120. The molecule has 0 heterocycles. The first-order valence-electron chi connectivity index (χ1n) is 11.2. The summed E-state index contributed by atoms with van der Waals surface area (Å²) >= 11 is 5.91. The minimum Gasteiger partial charge on any atom is -0.467 e. The Morgan fingerprint density at radius 1 is 1.03 bits per heavy atom. The van der Waals surface area contributed by atoms with Crippen molar-refractivity contribution < 1.29 is 46.9 Å². The van der Waals surface area contributed by atoms with E-state index in [1.54, 1.807) is 45.0 Å². The van der Waals surface area contributed by atoms with Crippen LogP contribution in [-0.2, 0) is 25.5 Å². The molecule has 3 atom stereocenters. The molecular weight excluding hydrogens is 533 g/mol. The molecule has 3 N–H and O–H groups in total. The van der Waals surface area contributed by atoms with Gasteiger partial charge >= 0.3 is 18.4 Å². The van der Waals surface area contributed by atoms with Crippen LogP contribution >= 0.6 is 11.6 Å². The van der Waals surface area contributed by atoms with Gasteiger partial charge in [0.1, 0.15) is 11.4 Å². The number of benzene rings is 2. The number of aliphatic hydroxyl groups excluding tert-OH is 1. The summed E-state index contributed by atoms with van der Waals surface area (Å²) in [5.74, 6) is -2.77. The topological polar surface area (TPSA) is 123 Å². The normalized spacial score (nSPS) is 14.0. The molecule has 0 aliphatic carbocycles. The molecule has 0 aromatic heterocycles. The molecule has 0 spiro atoms. The van der Waals surface area contributed by atoms with E-state index in [0.29, 0.717) is 10.6 Å². The monoisotopic (exact) mass is 560 g/mol. The maximum absolute atomic E-state index is 13.0. The minimum atomic E-state index is -4.99. The van der Waals surface area contributed by atoms with Crippen molar-refractivity contribution in [3.05, 3.63) is 64.7 Å². The average Bonchev–Trinajstić information content (AvgIpc) is 2.80. The van der Waals surface area contributed by atoms with Gasteiger partial charge in [-0.1, -0.05) is 35.9 Å². The highest BCUT2D eigenvalue weighted by Crippen LogP contribution is 2.26. The number of halogens is 4. The first kappa shape index (κ1) is 30.7. The summed E-state index contributed by atoms with van der Waals surface area (Å²) in [5.41, 5.74) is -0.376. The highest BCUT2D eigenvalue weighted by molar-refractivity contribution is 6.30. The van der Waals surface area contributed by atoms with Crippen LogP contribution in [0.25, 0.3) is 0 Å². The molecular formula is C25H28ClF3N2O7. The number of rotatable bonds is 9. The van der Waals surface area contributed by atoms with E-state index >= 15 is 0 Å². The molecule has 2 amide bonds. The van der Waals surface area contributed by atoms with Crippen molar-refractivity contribution in [2.24, 2.45) is 0 Å². The molecule has 0 saturated heterocycles. The van der Waals surface area contributed by atoms with Crippen LogP contribution in [0, 0.1) is 0 Å². The third-order valence-corrected chi connectivity index (χ3v) is 5.12. The van der Waals surface area contributed by atoms with Gasteiger partial charge in [0.2, 0.25) is 0 Å². The molecule has 9 nitrogen and oxygen atoms in total. The Labute approximate surface area is 222 Å². The lowest BCUT2D eigenvalue weighted by molar-refractivity contribution is -0.274. The molecule has 208 valence electrons. The van der Waals surface area contributed by atoms with E-state index < -0.39 is 53.9 Å². The van der Waals surface area contributed by atoms with E-state index in [1.807, 2.05) is 0 Å². The van der Waals surface area contributed by atoms with Crippen LogP contribution in [0.5, 0.6) is 5.75 Å². The molecule has 2 rings (SSSR count). The molecule has 2 aromatic carbocycles. The highest BCUT2D eigenvalue weighted by Gasteiger charge is 2.34. The van der Waals surface area contributed by atoms with E-state index in [-0.39, 0.29) is 12.0 Å². The fourth-order valence-electron chi connectivity index (χ4n) is 3.27. The Morgan fingerprint density at radius 2 is 1.66 bits per heavy atom. The Hall–Kier alpha value is -3.51. The largest absolute Gasteiger partial charge is 0.573 e. The van der Waals surface area contributed by atoms with E-state index in [2.05, 4.69) is 20.1 Å². The van der Waals surface area contributed by atoms with E-state index in [9.17, 15) is 32.7 Å². The number of methoxy groups -OCH3 is 1. The van der Waals surface area contributed by atoms with Gasteiger partial charge < -0.3 is 30.0 Å². The number of esters is 1. The van der Waals surface area contributed by atoms with Crippen LogP contribution < -0.4 is 15.4 Å². The van der Waals surface area contributed by atoms with Gasteiger partial charge in [-0.25, -0.2) is 9.59 Å². The van der Waals surface area contributed by atoms with Crippen molar-refractivity contribution in [2.45, 2.75) is 57.3 Å². The van der Waals surface area contributed by atoms with Gasteiger partial charge in [-0.2, -0.15) is 0 Å². The second-order valence-corrected chi connectivity index (χ2v) is 9.55. The van der Waals surface area contributed by atoms with Gasteiger partial charge in [-0.05, 0) is 62.6 Å². The van der Waals surface area contributed by atoms with Crippen molar-refractivity contribution in [3.63, 3.8) is 0 Å². The number of ether oxygens (including phenoxy) is 3. The van der Waals surface area contributed by atoms with Crippen LogP contribution in [0.15, 0.2) is 48.5 Å². The summed E-state index contributed by atoms with van der Waals surface area (Å²) in [6.07, 6.45) is -7.85. The Morgan fingerprint density at radius 3 is 2.21 bits per heavy atom. The second-order valence-electron chi connectivity index (χ2n) is 9.11. The van der Waals surface area contributed by atoms with Crippen LogP contribution in [-0.4, -0.2) is 54.3 Å². The Balaban J connectivity index is 2.30. The smallest absolute Gasteiger partial charge is 0.467 e. The van der Waals surface area contributed by atoms with Crippen molar-refractivity contribution >= 4 is 29.6 Å². The summed E-state index contributed by atoms with van der Waals surface area (Å²) in [6, 6.07) is 7.93. The number of aliphatic hydroxyl groups is 1. The van der Waals surface area contributed by atoms with Gasteiger partial charge in [-0.3, -0.25) is 4.79 Å². The fourth-order valence-corrected chi connectivity index (χ4v) is 3.40. The fraction of sp³-hybridized carbons (Fsp3) is 0.400. The second kappa shape index (κ2) is 12.8. The van der Waals surface area contributed by atoms with Crippen LogP contribution in [0.1, 0.15) is 37.9 Å². The standard InChI is InChI=1S/C25H28ClF3N2O7/c1-24(2,3)38-23(35)30-18(12-14-8-10-16(26)11-9-14)20(32)21(33)31-19(22(34)36-4)15-6-5-7-17(13-15)37-25(27,28)29/h5-11,13,18-20,32H,12H2,1-4H3,(H,30,35)(H,31,33)/t18-,19+,20+/m1/s1. The van der Waals surface area contributed by atoms with E-state index in [4.69, 9.17) is 16.3 Å². The lowest BCUT2D eigenvalue weighted by atomic mass is 9.99. The Kier molecular flexibility index (Phi) is 10.4. The molecule has 0 bridgehead atoms. The zero-order chi connectivity index (χ0) is 28.7. The number of alkyl carbamates (subject to hydrolysis) is 1. The van der Waals surface area contributed by atoms with Crippen LogP contribution in [0.2, 0.25) is 5.02 Å².